The molecule has 1 aromatic heterocycles. The summed E-state index contributed by atoms with van der Waals surface area (Å²) in [5, 5.41) is 2.56. The first-order valence-corrected chi connectivity index (χ1v) is 14.6. The van der Waals surface area contributed by atoms with Crippen LogP contribution in [0.1, 0.15) is 83.6 Å². The molecule has 4 aliphatic rings. The SMILES string of the molecule is CC.CN(CCF)C1CCC2=CC3=CCC4(C)C(c5ccc6ccncc6c5)CCC4C3CCC2C1. The van der Waals surface area contributed by atoms with E-state index in [4.69, 9.17) is 0 Å². The highest BCUT2D eigenvalue weighted by Gasteiger charge is 2.52. The number of fused-ring (bicyclic) bond motifs is 5. The predicted octanol–water partition coefficient (Wildman–Crippen LogP) is 8.50. The van der Waals surface area contributed by atoms with Crippen LogP contribution in [-0.2, 0) is 0 Å². The van der Waals surface area contributed by atoms with Gasteiger partial charge in [-0.15, -0.1) is 0 Å². The van der Waals surface area contributed by atoms with Crippen LogP contribution in [0.5, 0.6) is 0 Å². The molecule has 2 fully saturated rings. The number of halogens is 1. The third-order valence-electron chi connectivity index (χ3n) is 10.3. The summed E-state index contributed by atoms with van der Waals surface area (Å²) in [5.41, 5.74) is 5.21. The summed E-state index contributed by atoms with van der Waals surface area (Å²) in [6.45, 7) is 6.93. The molecule has 0 spiro atoms. The number of aromatic nitrogens is 1. The topological polar surface area (TPSA) is 16.1 Å². The van der Waals surface area contributed by atoms with Crippen LogP contribution in [0, 0.1) is 23.2 Å². The van der Waals surface area contributed by atoms with E-state index >= 15 is 0 Å². The molecular formula is C33H45FN2. The highest BCUT2D eigenvalue weighted by Crippen LogP contribution is 2.62. The molecule has 0 amide bonds. The number of allylic oxidation sites excluding steroid dienone is 4. The fourth-order valence-electron chi connectivity index (χ4n) is 8.28. The van der Waals surface area contributed by atoms with Crippen molar-refractivity contribution in [2.75, 3.05) is 20.3 Å². The van der Waals surface area contributed by atoms with E-state index in [1.165, 1.54) is 67.7 Å². The van der Waals surface area contributed by atoms with Crippen LogP contribution in [0.15, 0.2) is 60.0 Å². The van der Waals surface area contributed by atoms with Gasteiger partial charge in [-0.05, 0) is 116 Å². The van der Waals surface area contributed by atoms with Crippen LogP contribution >= 0.6 is 0 Å². The van der Waals surface area contributed by atoms with E-state index in [9.17, 15) is 4.39 Å². The maximum absolute atomic E-state index is 12.9. The molecule has 4 aliphatic carbocycles. The molecule has 2 saturated carbocycles. The van der Waals surface area contributed by atoms with Crippen molar-refractivity contribution in [3.63, 3.8) is 0 Å². The summed E-state index contributed by atoms with van der Waals surface area (Å²) in [6, 6.07) is 9.77. The molecule has 0 radical (unpaired) electrons. The molecule has 1 heterocycles. The largest absolute Gasteiger partial charge is 0.301 e. The fourth-order valence-corrected chi connectivity index (χ4v) is 8.28. The highest BCUT2D eigenvalue weighted by atomic mass is 19.1. The van der Waals surface area contributed by atoms with Gasteiger partial charge in [0.15, 0.2) is 0 Å². The minimum absolute atomic E-state index is 0.232. The minimum atomic E-state index is -0.232. The van der Waals surface area contributed by atoms with Gasteiger partial charge in [0.05, 0.1) is 0 Å². The average Bonchev–Trinajstić information content (AvgIpc) is 3.15. The van der Waals surface area contributed by atoms with Gasteiger partial charge in [-0.2, -0.15) is 0 Å². The molecule has 0 N–H and O–H groups in total. The second-order valence-electron chi connectivity index (χ2n) is 11.8. The lowest BCUT2D eigenvalue weighted by molar-refractivity contribution is 0.132. The normalized spacial score (nSPS) is 33.4. The summed E-state index contributed by atoms with van der Waals surface area (Å²) in [7, 11) is 2.12. The molecule has 6 rings (SSSR count). The van der Waals surface area contributed by atoms with Crippen molar-refractivity contribution in [2.24, 2.45) is 23.2 Å². The number of benzene rings is 1. The van der Waals surface area contributed by atoms with E-state index in [2.05, 4.69) is 60.3 Å². The second-order valence-corrected chi connectivity index (χ2v) is 11.8. The predicted molar refractivity (Wildman–Crippen MR) is 150 cm³/mol. The smallest absolute Gasteiger partial charge is 0.102 e. The Kier molecular flexibility index (Phi) is 7.67. The molecule has 0 bridgehead atoms. The van der Waals surface area contributed by atoms with Crippen molar-refractivity contribution < 1.29 is 4.39 Å². The van der Waals surface area contributed by atoms with E-state index in [-0.39, 0.29) is 6.67 Å². The number of nitrogens with zero attached hydrogens (tertiary/aromatic N) is 2. The van der Waals surface area contributed by atoms with Crippen LogP contribution in [0.3, 0.4) is 0 Å². The van der Waals surface area contributed by atoms with Crippen molar-refractivity contribution in [1.29, 1.82) is 0 Å². The summed E-state index contributed by atoms with van der Waals surface area (Å²) >= 11 is 0. The van der Waals surface area contributed by atoms with Crippen LogP contribution in [0.4, 0.5) is 4.39 Å². The number of hydrogen-bond acceptors (Lipinski definition) is 2. The third-order valence-corrected chi connectivity index (χ3v) is 10.3. The van der Waals surface area contributed by atoms with Gasteiger partial charge in [-0.1, -0.05) is 50.6 Å². The fraction of sp³-hybridized carbons (Fsp3) is 0.606. The van der Waals surface area contributed by atoms with Crippen LogP contribution in [0.25, 0.3) is 10.8 Å². The Morgan fingerprint density at radius 2 is 1.92 bits per heavy atom. The van der Waals surface area contributed by atoms with Crippen molar-refractivity contribution in [1.82, 2.24) is 9.88 Å². The van der Waals surface area contributed by atoms with Crippen molar-refractivity contribution in [3.8, 4) is 0 Å². The Balaban J connectivity index is 0.00000130. The van der Waals surface area contributed by atoms with Gasteiger partial charge in [0.1, 0.15) is 6.67 Å². The van der Waals surface area contributed by atoms with Gasteiger partial charge in [-0.3, -0.25) is 4.98 Å². The van der Waals surface area contributed by atoms with Gasteiger partial charge in [0.25, 0.3) is 0 Å². The van der Waals surface area contributed by atoms with Gasteiger partial charge in [0.2, 0.25) is 0 Å². The molecule has 6 unspecified atom stereocenters. The van der Waals surface area contributed by atoms with Crippen molar-refractivity contribution in [3.05, 3.63) is 65.5 Å². The first-order valence-electron chi connectivity index (χ1n) is 14.6. The molecule has 3 heteroatoms. The maximum atomic E-state index is 12.9. The maximum Gasteiger partial charge on any atom is 0.102 e. The Morgan fingerprint density at radius 3 is 2.75 bits per heavy atom. The average molecular weight is 489 g/mol. The van der Waals surface area contributed by atoms with Gasteiger partial charge < -0.3 is 4.90 Å². The molecule has 0 aliphatic heterocycles. The van der Waals surface area contributed by atoms with Gasteiger partial charge in [-0.25, -0.2) is 4.39 Å². The van der Waals surface area contributed by atoms with Gasteiger partial charge >= 0.3 is 0 Å². The standard InChI is InChI=1S/C31H39FN2.C2H6/c1-31-13-11-24-17-22-5-7-27(34(2)16-14-32)19-23(22)6-8-28(24)30(31)10-9-29(31)25-4-3-21-12-15-33-20-26(21)18-25;1-2/h3-4,11-12,15,17-18,20,23,27-30H,5-10,13-14,16,19H2,1-2H3;1-2H3. The lowest BCUT2D eigenvalue weighted by Gasteiger charge is -2.44. The van der Waals surface area contributed by atoms with Crippen molar-refractivity contribution >= 4 is 10.8 Å². The van der Waals surface area contributed by atoms with E-state index < -0.39 is 0 Å². The Bertz CT molecular complexity index is 1120. The molecular weight excluding hydrogens is 443 g/mol. The Morgan fingerprint density at radius 1 is 1.06 bits per heavy atom. The second kappa shape index (κ2) is 10.8. The number of hydrogen-bond donors (Lipinski definition) is 0. The van der Waals surface area contributed by atoms with Gasteiger partial charge in [0, 0.05) is 30.4 Å². The number of alkyl halides is 1. The van der Waals surface area contributed by atoms with Crippen LogP contribution in [-0.4, -0.2) is 36.2 Å². The molecule has 2 nitrogen and oxygen atoms in total. The monoisotopic (exact) mass is 488 g/mol. The molecule has 194 valence electrons. The molecule has 6 atom stereocenters. The first-order chi connectivity index (χ1) is 17.6. The minimum Gasteiger partial charge on any atom is -0.301 e. The summed E-state index contributed by atoms with van der Waals surface area (Å²) in [4.78, 5) is 6.64. The molecule has 0 saturated heterocycles. The zero-order chi connectivity index (χ0) is 25.3. The summed E-state index contributed by atoms with van der Waals surface area (Å²) in [6.07, 6.45) is 19.3. The number of pyridine rings is 1. The van der Waals surface area contributed by atoms with Crippen molar-refractivity contribution in [2.45, 2.75) is 84.1 Å². The Hall–Kier alpha value is -2.00. The lowest BCUT2D eigenvalue weighted by Crippen LogP contribution is -2.38. The first kappa shape index (κ1) is 25.6. The summed E-state index contributed by atoms with van der Waals surface area (Å²) in [5.74, 6) is 2.83. The van der Waals surface area contributed by atoms with E-state index in [1.807, 2.05) is 26.2 Å². The molecule has 1 aromatic carbocycles. The van der Waals surface area contributed by atoms with Crippen LogP contribution < -0.4 is 0 Å². The number of rotatable bonds is 4. The van der Waals surface area contributed by atoms with Crippen LogP contribution in [0.2, 0.25) is 0 Å². The highest BCUT2D eigenvalue weighted by molar-refractivity contribution is 5.82. The zero-order valence-electron chi connectivity index (χ0n) is 22.8. The third kappa shape index (κ3) is 4.57. The Labute approximate surface area is 218 Å². The molecule has 36 heavy (non-hydrogen) atoms. The summed E-state index contributed by atoms with van der Waals surface area (Å²) < 4.78 is 12.9. The van der Waals surface area contributed by atoms with E-state index in [1.54, 1.807) is 11.1 Å². The van der Waals surface area contributed by atoms with E-state index in [0.717, 1.165) is 5.92 Å². The lowest BCUT2D eigenvalue weighted by atomic mass is 9.60. The zero-order valence-corrected chi connectivity index (χ0v) is 22.8. The quantitative estimate of drug-likeness (QED) is 0.429. The molecule has 2 aromatic rings. The van der Waals surface area contributed by atoms with E-state index in [0.29, 0.717) is 35.8 Å².